The fourth-order valence-corrected chi connectivity index (χ4v) is 1.91. The molecule has 0 fully saturated rings. The number of anilines is 1. The lowest BCUT2D eigenvalue weighted by atomic mass is 10.1. The zero-order valence-electron chi connectivity index (χ0n) is 10.9. The Morgan fingerprint density at radius 3 is 2.42 bits per heavy atom. The fourth-order valence-electron chi connectivity index (χ4n) is 1.91. The van der Waals surface area contributed by atoms with Crippen molar-refractivity contribution in [2.75, 3.05) is 5.32 Å². The van der Waals surface area contributed by atoms with E-state index in [0.29, 0.717) is 16.8 Å². The minimum atomic E-state index is -0.142. The summed E-state index contributed by atoms with van der Waals surface area (Å²) in [6.45, 7) is 3.74. The summed E-state index contributed by atoms with van der Waals surface area (Å²) in [5.74, 6) is -0.142. The maximum atomic E-state index is 12.1. The maximum Gasteiger partial charge on any atom is 0.255 e. The number of carbonyl (C=O) groups is 2. The molecule has 0 saturated carbocycles. The van der Waals surface area contributed by atoms with Gasteiger partial charge in [-0.05, 0) is 49.2 Å². The van der Waals surface area contributed by atoms with Crippen molar-refractivity contribution >= 4 is 17.9 Å². The lowest BCUT2D eigenvalue weighted by molar-refractivity contribution is 0.102. The summed E-state index contributed by atoms with van der Waals surface area (Å²) in [6.07, 6.45) is 0.808. The van der Waals surface area contributed by atoms with E-state index in [0.717, 1.165) is 17.4 Å². The van der Waals surface area contributed by atoms with Crippen molar-refractivity contribution in [3.8, 4) is 0 Å². The second-order valence-electron chi connectivity index (χ2n) is 4.46. The minimum Gasteiger partial charge on any atom is -0.322 e. The van der Waals surface area contributed by atoms with Gasteiger partial charge >= 0.3 is 0 Å². The third-order valence-corrected chi connectivity index (χ3v) is 3.04. The van der Waals surface area contributed by atoms with Crippen LogP contribution in [0.5, 0.6) is 0 Å². The maximum absolute atomic E-state index is 12.1. The number of benzene rings is 2. The molecule has 0 aliphatic rings. The van der Waals surface area contributed by atoms with Crippen LogP contribution in [0.2, 0.25) is 0 Å². The lowest BCUT2D eigenvalue weighted by Gasteiger charge is -2.09. The van der Waals surface area contributed by atoms with Gasteiger partial charge in [-0.25, -0.2) is 0 Å². The quantitative estimate of drug-likeness (QED) is 0.852. The molecule has 0 spiro atoms. The van der Waals surface area contributed by atoms with Gasteiger partial charge in [0.25, 0.3) is 5.91 Å². The van der Waals surface area contributed by atoms with E-state index in [1.54, 1.807) is 24.3 Å². The van der Waals surface area contributed by atoms with Crippen LogP contribution in [0.3, 0.4) is 0 Å². The fraction of sp³-hybridized carbons (Fsp3) is 0.125. The van der Waals surface area contributed by atoms with Gasteiger partial charge < -0.3 is 5.32 Å². The van der Waals surface area contributed by atoms with Crippen LogP contribution in [0.25, 0.3) is 0 Å². The molecular formula is C16H15NO2. The van der Waals surface area contributed by atoms with E-state index in [1.807, 2.05) is 32.0 Å². The van der Waals surface area contributed by atoms with Crippen molar-refractivity contribution in [1.29, 1.82) is 0 Å². The van der Waals surface area contributed by atoms with Crippen LogP contribution in [0.1, 0.15) is 31.8 Å². The zero-order chi connectivity index (χ0) is 13.8. The molecule has 19 heavy (non-hydrogen) atoms. The first-order valence-electron chi connectivity index (χ1n) is 6.04. The van der Waals surface area contributed by atoms with E-state index in [2.05, 4.69) is 5.32 Å². The number of hydrogen-bond acceptors (Lipinski definition) is 2. The summed E-state index contributed by atoms with van der Waals surface area (Å²) in [4.78, 5) is 22.9. The Hall–Kier alpha value is -2.42. The van der Waals surface area contributed by atoms with Gasteiger partial charge in [0.1, 0.15) is 6.29 Å². The molecule has 0 bridgehead atoms. The first-order chi connectivity index (χ1) is 9.11. The normalized spacial score (nSPS) is 10.0. The largest absolute Gasteiger partial charge is 0.322 e. The standard InChI is InChI=1S/C16H15NO2/c1-11-5-3-4-6-15(11)16(19)17-14-8-7-13(10-18)12(2)9-14/h3-10H,1-2H3,(H,17,19). The highest BCUT2D eigenvalue weighted by Gasteiger charge is 2.09. The summed E-state index contributed by atoms with van der Waals surface area (Å²) in [7, 11) is 0. The Labute approximate surface area is 112 Å². The average molecular weight is 253 g/mol. The average Bonchev–Trinajstić information content (AvgIpc) is 2.39. The second-order valence-corrected chi connectivity index (χ2v) is 4.46. The number of carbonyl (C=O) groups excluding carboxylic acids is 2. The van der Waals surface area contributed by atoms with Gasteiger partial charge in [-0.1, -0.05) is 18.2 Å². The molecular weight excluding hydrogens is 238 g/mol. The van der Waals surface area contributed by atoms with Gasteiger partial charge in [-0.15, -0.1) is 0 Å². The number of nitrogens with one attached hydrogen (secondary N) is 1. The van der Waals surface area contributed by atoms with Crippen molar-refractivity contribution in [1.82, 2.24) is 0 Å². The summed E-state index contributed by atoms with van der Waals surface area (Å²) in [5.41, 5.74) is 3.75. The molecule has 0 saturated heterocycles. The second kappa shape index (κ2) is 5.48. The minimum absolute atomic E-state index is 0.142. The molecule has 1 N–H and O–H groups in total. The highest BCUT2D eigenvalue weighted by Crippen LogP contribution is 2.16. The smallest absolute Gasteiger partial charge is 0.255 e. The highest BCUT2D eigenvalue weighted by atomic mass is 16.1. The topological polar surface area (TPSA) is 46.2 Å². The first kappa shape index (κ1) is 13.0. The summed E-state index contributed by atoms with van der Waals surface area (Å²) < 4.78 is 0. The lowest BCUT2D eigenvalue weighted by Crippen LogP contribution is -2.13. The summed E-state index contributed by atoms with van der Waals surface area (Å²) in [6, 6.07) is 12.6. The molecule has 3 nitrogen and oxygen atoms in total. The Balaban J connectivity index is 2.22. The molecule has 0 heterocycles. The molecule has 3 heteroatoms. The molecule has 1 amide bonds. The number of aryl methyl sites for hydroxylation is 2. The van der Waals surface area contributed by atoms with E-state index in [4.69, 9.17) is 0 Å². The van der Waals surface area contributed by atoms with Crippen molar-refractivity contribution in [3.05, 3.63) is 64.7 Å². The Bertz CT molecular complexity index is 632. The molecule has 0 atom stereocenters. The third-order valence-electron chi connectivity index (χ3n) is 3.04. The number of amides is 1. The van der Waals surface area contributed by atoms with E-state index < -0.39 is 0 Å². The Morgan fingerprint density at radius 1 is 1.05 bits per heavy atom. The SMILES string of the molecule is Cc1cc(NC(=O)c2ccccc2C)ccc1C=O. The molecule has 2 aromatic rings. The summed E-state index contributed by atoms with van der Waals surface area (Å²) >= 11 is 0. The van der Waals surface area contributed by atoms with Crippen LogP contribution in [0.15, 0.2) is 42.5 Å². The monoisotopic (exact) mass is 253 g/mol. The molecule has 0 unspecified atom stereocenters. The molecule has 2 rings (SSSR count). The number of aldehydes is 1. The van der Waals surface area contributed by atoms with Crippen molar-refractivity contribution in [2.24, 2.45) is 0 Å². The van der Waals surface area contributed by atoms with Gasteiger partial charge in [-0.2, -0.15) is 0 Å². The summed E-state index contributed by atoms with van der Waals surface area (Å²) in [5, 5.41) is 2.84. The van der Waals surface area contributed by atoms with Gasteiger partial charge in [0, 0.05) is 16.8 Å². The predicted molar refractivity (Wildman–Crippen MR) is 75.7 cm³/mol. The van der Waals surface area contributed by atoms with Crippen LogP contribution >= 0.6 is 0 Å². The molecule has 0 aliphatic carbocycles. The first-order valence-corrected chi connectivity index (χ1v) is 6.04. The van der Waals surface area contributed by atoms with E-state index in [9.17, 15) is 9.59 Å². The number of hydrogen-bond donors (Lipinski definition) is 1. The Morgan fingerprint density at radius 2 is 1.79 bits per heavy atom. The highest BCUT2D eigenvalue weighted by molar-refractivity contribution is 6.05. The van der Waals surface area contributed by atoms with Crippen LogP contribution in [-0.2, 0) is 0 Å². The Kier molecular flexibility index (Phi) is 3.76. The predicted octanol–water partition coefficient (Wildman–Crippen LogP) is 3.37. The molecule has 0 aliphatic heterocycles. The van der Waals surface area contributed by atoms with Crippen molar-refractivity contribution in [2.45, 2.75) is 13.8 Å². The van der Waals surface area contributed by atoms with Crippen molar-refractivity contribution in [3.63, 3.8) is 0 Å². The van der Waals surface area contributed by atoms with Crippen LogP contribution in [0, 0.1) is 13.8 Å². The molecule has 96 valence electrons. The van der Waals surface area contributed by atoms with Crippen LogP contribution < -0.4 is 5.32 Å². The van der Waals surface area contributed by atoms with E-state index in [-0.39, 0.29) is 5.91 Å². The van der Waals surface area contributed by atoms with E-state index >= 15 is 0 Å². The molecule has 0 aromatic heterocycles. The third kappa shape index (κ3) is 2.88. The zero-order valence-corrected chi connectivity index (χ0v) is 10.9. The van der Waals surface area contributed by atoms with Gasteiger partial charge in [-0.3, -0.25) is 9.59 Å². The van der Waals surface area contributed by atoms with Crippen LogP contribution in [0.4, 0.5) is 5.69 Å². The number of rotatable bonds is 3. The van der Waals surface area contributed by atoms with Crippen molar-refractivity contribution < 1.29 is 9.59 Å². The van der Waals surface area contributed by atoms with Gasteiger partial charge in [0.05, 0.1) is 0 Å². The van der Waals surface area contributed by atoms with Crippen LogP contribution in [-0.4, -0.2) is 12.2 Å². The van der Waals surface area contributed by atoms with Gasteiger partial charge in [0.15, 0.2) is 0 Å². The van der Waals surface area contributed by atoms with E-state index in [1.165, 1.54) is 0 Å². The molecule has 2 aromatic carbocycles. The van der Waals surface area contributed by atoms with Gasteiger partial charge in [0.2, 0.25) is 0 Å². The molecule has 0 radical (unpaired) electrons.